The van der Waals surface area contributed by atoms with Crippen LogP contribution < -0.4 is 5.32 Å². The van der Waals surface area contributed by atoms with Crippen LogP contribution in [0.1, 0.15) is 27.7 Å². The van der Waals surface area contributed by atoms with Gasteiger partial charge in [-0.3, -0.25) is 14.5 Å². The maximum atomic E-state index is 11.4. The van der Waals surface area contributed by atoms with E-state index in [1.807, 2.05) is 13.8 Å². The van der Waals surface area contributed by atoms with Gasteiger partial charge < -0.3 is 10.1 Å². The van der Waals surface area contributed by atoms with Crippen LogP contribution in [0.15, 0.2) is 0 Å². The monoisotopic (exact) mass is 230 g/mol. The Hall–Kier alpha value is -1.10. The van der Waals surface area contributed by atoms with E-state index >= 15 is 0 Å². The zero-order valence-corrected chi connectivity index (χ0v) is 10.7. The fourth-order valence-electron chi connectivity index (χ4n) is 1.17. The zero-order valence-electron chi connectivity index (χ0n) is 10.7. The van der Waals surface area contributed by atoms with E-state index in [1.165, 1.54) is 0 Å². The number of carbonyl (C=O) groups excluding carboxylic acids is 2. The van der Waals surface area contributed by atoms with Gasteiger partial charge in [0.2, 0.25) is 5.91 Å². The summed E-state index contributed by atoms with van der Waals surface area (Å²) in [4.78, 5) is 24.5. The molecule has 0 saturated heterocycles. The van der Waals surface area contributed by atoms with E-state index < -0.39 is 6.04 Å². The molecule has 0 rings (SSSR count). The van der Waals surface area contributed by atoms with E-state index in [1.54, 1.807) is 25.8 Å². The van der Waals surface area contributed by atoms with Crippen molar-refractivity contribution >= 4 is 11.9 Å². The summed E-state index contributed by atoms with van der Waals surface area (Å²) in [6.45, 7) is 7.82. The molecule has 16 heavy (non-hydrogen) atoms. The Morgan fingerprint density at radius 2 is 1.88 bits per heavy atom. The molecular formula is C11H22N2O3. The lowest BCUT2D eigenvalue weighted by Gasteiger charge is -2.22. The smallest absolute Gasteiger partial charge is 0.323 e. The second-order valence-electron chi connectivity index (χ2n) is 4.07. The molecule has 1 amide bonds. The molecule has 0 aromatic heterocycles. The minimum atomic E-state index is -0.405. The molecular weight excluding hydrogens is 208 g/mol. The van der Waals surface area contributed by atoms with Gasteiger partial charge in [-0.2, -0.15) is 0 Å². The molecule has 0 aliphatic carbocycles. The van der Waals surface area contributed by atoms with Crippen LogP contribution in [0.5, 0.6) is 0 Å². The lowest BCUT2D eigenvalue weighted by molar-refractivity contribution is -0.148. The molecule has 0 heterocycles. The molecule has 0 spiro atoms. The first-order chi connectivity index (χ1) is 7.38. The lowest BCUT2D eigenvalue weighted by atomic mass is 10.3. The van der Waals surface area contributed by atoms with Gasteiger partial charge in [-0.1, -0.05) is 0 Å². The summed E-state index contributed by atoms with van der Waals surface area (Å²) in [6, 6.07) is -0.295. The highest BCUT2D eigenvalue weighted by atomic mass is 16.5. The van der Waals surface area contributed by atoms with Gasteiger partial charge in [0.05, 0.1) is 13.2 Å². The zero-order chi connectivity index (χ0) is 12.7. The Labute approximate surface area is 97.1 Å². The van der Waals surface area contributed by atoms with E-state index in [0.717, 1.165) is 0 Å². The molecule has 0 fully saturated rings. The highest BCUT2D eigenvalue weighted by molar-refractivity contribution is 5.80. The number of rotatable bonds is 6. The quantitative estimate of drug-likeness (QED) is 0.671. The van der Waals surface area contributed by atoms with Crippen molar-refractivity contribution in [2.24, 2.45) is 0 Å². The van der Waals surface area contributed by atoms with Crippen LogP contribution in [0.25, 0.3) is 0 Å². The van der Waals surface area contributed by atoms with Crippen LogP contribution in [0.3, 0.4) is 0 Å². The molecule has 0 aliphatic heterocycles. The van der Waals surface area contributed by atoms with Crippen molar-refractivity contribution in [2.75, 3.05) is 20.2 Å². The van der Waals surface area contributed by atoms with E-state index in [4.69, 9.17) is 4.74 Å². The second-order valence-corrected chi connectivity index (χ2v) is 4.07. The highest BCUT2D eigenvalue weighted by Gasteiger charge is 2.21. The molecule has 0 aromatic carbocycles. The Morgan fingerprint density at radius 3 is 2.31 bits per heavy atom. The maximum Gasteiger partial charge on any atom is 0.323 e. The van der Waals surface area contributed by atoms with Crippen LogP contribution in [0.4, 0.5) is 0 Å². The lowest BCUT2D eigenvalue weighted by Crippen LogP contribution is -2.44. The van der Waals surface area contributed by atoms with Gasteiger partial charge >= 0.3 is 5.97 Å². The van der Waals surface area contributed by atoms with Gasteiger partial charge in [-0.15, -0.1) is 0 Å². The third kappa shape index (κ3) is 5.70. The summed E-state index contributed by atoms with van der Waals surface area (Å²) in [7, 11) is 1.72. The van der Waals surface area contributed by atoms with Crippen LogP contribution >= 0.6 is 0 Å². The summed E-state index contributed by atoms with van der Waals surface area (Å²) in [6.07, 6.45) is 0. The molecule has 0 aliphatic rings. The number of nitrogens with zero attached hydrogens (tertiary/aromatic N) is 1. The average molecular weight is 230 g/mol. The Bertz CT molecular complexity index is 241. The highest BCUT2D eigenvalue weighted by Crippen LogP contribution is 1.98. The summed E-state index contributed by atoms with van der Waals surface area (Å²) < 4.78 is 4.88. The fraction of sp³-hybridized carbons (Fsp3) is 0.818. The molecule has 5 heteroatoms. The van der Waals surface area contributed by atoms with Crippen molar-refractivity contribution in [1.82, 2.24) is 10.2 Å². The molecule has 1 N–H and O–H groups in total. The van der Waals surface area contributed by atoms with Gasteiger partial charge in [0.15, 0.2) is 0 Å². The second kappa shape index (κ2) is 7.22. The normalized spacial score (nSPS) is 12.7. The maximum absolute atomic E-state index is 11.4. The molecule has 0 saturated carbocycles. The average Bonchev–Trinajstić information content (AvgIpc) is 2.15. The van der Waals surface area contributed by atoms with Crippen LogP contribution in [0.2, 0.25) is 0 Å². The topological polar surface area (TPSA) is 58.6 Å². The third-order valence-corrected chi connectivity index (χ3v) is 2.13. The van der Waals surface area contributed by atoms with Gasteiger partial charge in [-0.05, 0) is 34.7 Å². The van der Waals surface area contributed by atoms with Crippen LogP contribution in [-0.2, 0) is 14.3 Å². The molecule has 0 bridgehead atoms. The molecule has 1 atom stereocenters. The Morgan fingerprint density at radius 1 is 1.31 bits per heavy atom. The van der Waals surface area contributed by atoms with Crippen molar-refractivity contribution in [2.45, 2.75) is 39.8 Å². The number of amides is 1. The summed E-state index contributed by atoms with van der Waals surface area (Å²) >= 11 is 0. The predicted octanol–water partition coefficient (Wildman–Crippen LogP) is 0.394. The summed E-state index contributed by atoms with van der Waals surface area (Å²) in [5, 5.41) is 2.77. The Kier molecular flexibility index (Phi) is 6.72. The first-order valence-electron chi connectivity index (χ1n) is 5.54. The van der Waals surface area contributed by atoms with Gasteiger partial charge in [0.25, 0.3) is 0 Å². The molecule has 0 aromatic rings. The van der Waals surface area contributed by atoms with Crippen molar-refractivity contribution < 1.29 is 14.3 Å². The molecule has 5 nitrogen and oxygen atoms in total. The number of hydrogen-bond acceptors (Lipinski definition) is 4. The van der Waals surface area contributed by atoms with Crippen molar-refractivity contribution in [3.63, 3.8) is 0 Å². The van der Waals surface area contributed by atoms with E-state index in [9.17, 15) is 9.59 Å². The van der Waals surface area contributed by atoms with E-state index in [0.29, 0.717) is 6.61 Å². The van der Waals surface area contributed by atoms with Gasteiger partial charge in [-0.25, -0.2) is 0 Å². The number of carbonyl (C=O) groups is 2. The van der Waals surface area contributed by atoms with E-state index in [2.05, 4.69) is 5.32 Å². The molecule has 0 radical (unpaired) electrons. The molecule has 1 unspecified atom stereocenters. The van der Waals surface area contributed by atoms with Crippen LogP contribution in [0, 0.1) is 0 Å². The van der Waals surface area contributed by atoms with Gasteiger partial charge in [0.1, 0.15) is 6.04 Å². The number of esters is 1. The standard InChI is InChI=1S/C11H22N2O3/c1-6-16-11(15)9(4)13(5)7-10(14)12-8(2)3/h8-9H,6-7H2,1-5H3,(H,12,14). The summed E-state index contributed by atoms with van der Waals surface area (Å²) in [5.41, 5.74) is 0. The van der Waals surface area contributed by atoms with Crippen molar-refractivity contribution in [3.8, 4) is 0 Å². The largest absolute Gasteiger partial charge is 0.465 e. The first kappa shape index (κ1) is 14.9. The first-order valence-corrected chi connectivity index (χ1v) is 5.54. The molecule has 94 valence electrons. The Balaban J connectivity index is 4.09. The predicted molar refractivity (Wildman–Crippen MR) is 62.0 cm³/mol. The minimum absolute atomic E-state index is 0.0892. The number of hydrogen-bond donors (Lipinski definition) is 1. The number of ether oxygens (including phenoxy) is 1. The van der Waals surface area contributed by atoms with Crippen LogP contribution in [-0.4, -0.2) is 49.1 Å². The number of likely N-dealkylation sites (N-methyl/N-ethyl adjacent to an activating group) is 1. The third-order valence-electron chi connectivity index (χ3n) is 2.13. The van der Waals surface area contributed by atoms with Gasteiger partial charge in [0, 0.05) is 6.04 Å². The van der Waals surface area contributed by atoms with Crippen molar-refractivity contribution in [3.05, 3.63) is 0 Å². The van der Waals surface area contributed by atoms with E-state index in [-0.39, 0.29) is 24.5 Å². The SMILES string of the molecule is CCOC(=O)C(C)N(C)CC(=O)NC(C)C. The van der Waals surface area contributed by atoms with Crippen molar-refractivity contribution in [1.29, 1.82) is 0 Å². The summed E-state index contributed by atoms with van der Waals surface area (Å²) in [5.74, 6) is -0.393. The fourth-order valence-corrected chi connectivity index (χ4v) is 1.17. The minimum Gasteiger partial charge on any atom is -0.465 e. The number of nitrogens with one attached hydrogen (secondary N) is 1.